The van der Waals surface area contributed by atoms with Crippen molar-refractivity contribution in [3.8, 4) is 17.3 Å². The van der Waals surface area contributed by atoms with Crippen LogP contribution in [0.3, 0.4) is 0 Å². The zero-order chi connectivity index (χ0) is 21.0. The molecule has 0 spiro atoms. The zero-order valence-corrected chi connectivity index (χ0v) is 16.1. The monoisotopic (exact) mass is 385 g/mol. The van der Waals surface area contributed by atoms with Crippen LogP contribution in [-0.2, 0) is 9.53 Å². The Kier molecular flexibility index (Phi) is 5.70. The third kappa shape index (κ3) is 4.30. The number of carbonyl (C=O) groups is 2. The highest BCUT2D eigenvalue weighted by Crippen LogP contribution is 2.25. The molecule has 0 amide bonds. The van der Waals surface area contributed by atoms with E-state index in [9.17, 15) is 9.59 Å². The van der Waals surface area contributed by atoms with E-state index < -0.39 is 18.4 Å². The number of nitrogens with zero attached hydrogens (tertiary/aromatic N) is 2. The minimum Gasteiger partial charge on any atom is -0.454 e. The van der Waals surface area contributed by atoms with E-state index in [-0.39, 0.29) is 11.3 Å². The van der Waals surface area contributed by atoms with Crippen molar-refractivity contribution in [1.29, 1.82) is 5.26 Å². The van der Waals surface area contributed by atoms with Crippen LogP contribution in [0, 0.1) is 18.3 Å². The lowest BCUT2D eigenvalue weighted by molar-refractivity contribution is -0.118. The molecule has 3 rings (SSSR count). The normalized spacial score (nSPS) is 11.5. The van der Waals surface area contributed by atoms with Gasteiger partial charge in [-0.2, -0.15) is 5.26 Å². The van der Waals surface area contributed by atoms with Gasteiger partial charge in [0.25, 0.3) is 0 Å². The fourth-order valence-corrected chi connectivity index (χ4v) is 2.87. The third-order valence-corrected chi connectivity index (χ3v) is 4.40. The van der Waals surface area contributed by atoms with Gasteiger partial charge < -0.3 is 10.5 Å². The number of pyridine rings is 1. The summed E-state index contributed by atoms with van der Waals surface area (Å²) in [6.07, 6.45) is 0. The molecule has 0 aliphatic rings. The first-order valence-corrected chi connectivity index (χ1v) is 8.94. The number of ether oxygens (including phenoxy) is 1. The van der Waals surface area contributed by atoms with E-state index in [0.717, 1.165) is 11.1 Å². The van der Waals surface area contributed by atoms with Gasteiger partial charge in [0.05, 0.1) is 16.8 Å². The number of para-hydroxylation sites is 1. The van der Waals surface area contributed by atoms with Gasteiger partial charge in [0.1, 0.15) is 11.6 Å². The fraction of sp³-hybridized carbons (Fsp3) is 0.130. The number of carbonyl (C=O) groups excluding carboxylic acids is 2. The van der Waals surface area contributed by atoms with Gasteiger partial charge in [-0.25, -0.2) is 9.78 Å². The molecule has 0 bridgehead atoms. The first-order chi connectivity index (χ1) is 13.9. The van der Waals surface area contributed by atoms with Gasteiger partial charge in [0.2, 0.25) is 5.78 Å². The molecule has 1 aromatic heterocycles. The molecule has 0 radical (unpaired) electrons. The van der Waals surface area contributed by atoms with Crippen molar-refractivity contribution in [3.63, 3.8) is 0 Å². The third-order valence-electron chi connectivity index (χ3n) is 4.40. The summed E-state index contributed by atoms with van der Waals surface area (Å²) in [6.45, 7) is 2.87. The van der Waals surface area contributed by atoms with Crippen molar-refractivity contribution in [1.82, 2.24) is 4.98 Å². The number of fused-ring (bicyclic) bond motifs is 1. The minimum atomic E-state index is -0.669. The van der Waals surface area contributed by atoms with Gasteiger partial charge in [0.15, 0.2) is 6.61 Å². The van der Waals surface area contributed by atoms with Crippen LogP contribution in [0.2, 0.25) is 0 Å². The van der Waals surface area contributed by atoms with E-state index in [4.69, 9.17) is 15.7 Å². The fourth-order valence-electron chi connectivity index (χ4n) is 2.87. The van der Waals surface area contributed by atoms with Crippen molar-refractivity contribution in [2.75, 3.05) is 6.61 Å². The number of ketones is 1. The Morgan fingerprint density at radius 2 is 1.83 bits per heavy atom. The van der Waals surface area contributed by atoms with Gasteiger partial charge in [0, 0.05) is 16.6 Å². The molecule has 3 aromatic rings. The summed E-state index contributed by atoms with van der Waals surface area (Å²) in [7, 11) is 0. The maximum absolute atomic E-state index is 12.7. The molecule has 6 nitrogen and oxygen atoms in total. The molecule has 2 aromatic carbocycles. The summed E-state index contributed by atoms with van der Waals surface area (Å²) in [6, 6.07) is 18.4. The largest absolute Gasteiger partial charge is 0.454 e. The number of aryl methyl sites for hydroxylation is 1. The molecule has 29 heavy (non-hydrogen) atoms. The highest BCUT2D eigenvalue weighted by molar-refractivity contribution is 6.06. The number of Topliss-reactive ketones (excluding diaryl/α,β-unsaturated/α-hetero) is 1. The maximum Gasteiger partial charge on any atom is 0.339 e. The average Bonchev–Trinajstić information content (AvgIpc) is 2.72. The van der Waals surface area contributed by atoms with Crippen LogP contribution >= 0.6 is 0 Å². The van der Waals surface area contributed by atoms with Gasteiger partial charge in [-0.1, -0.05) is 48.0 Å². The van der Waals surface area contributed by atoms with Crippen molar-refractivity contribution < 1.29 is 14.3 Å². The number of rotatable bonds is 5. The Balaban J connectivity index is 1.96. The molecule has 6 heteroatoms. The van der Waals surface area contributed by atoms with Crippen LogP contribution in [0.15, 0.2) is 65.9 Å². The Bertz CT molecular complexity index is 1170. The van der Waals surface area contributed by atoms with Crippen molar-refractivity contribution in [2.24, 2.45) is 5.73 Å². The molecule has 0 unspecified atom stereocenters. The van der Waals surface area contributed by atoms with Gasteiger partial charge >= 0.3 is 5.97 Å². The van der Waals surface area contributed by atoms with E-state index in [0.29, 0.717) is 22.2 Å². The topological polar surface area (TPSA) is 106 Å². The summed E-state index contributed by atoms with van der Waals surface area (Å²) >= 11 is 0. The molecule has 0 aliphatic carbocycles. The lowest BCUT2D eigenvalue weighted by Crippen LogP contribution is -2.18. The van der Waals surface area contributed by atoms with E-state index in [1.165, 1.54) is 6.92 Å². The molecular formula is C23H19N3O3. The second-order valence-electron chi connectivity index (χ2n) is 6.61. The summed E-state index contributed by atoms with van der Waals surface area (Å²) in [5, 5.41) is 9.63. The van der Waals surface area contributed by atoms with Gasteiger partial charge in [-0.3, -0.25) is 4.79 Å². The number of aromatic nitrogens is 1. The predicted molar refractivity (Wildman–Crippen MR) is 110 cm³/mol. The molecule has 2 N–H and O–H groups in total. The lowest BCUT2D eigenvalue weighted by Gasteiger charge is -2.10. The summed E-state index contributed by atoms with van der Waals surface area (Å²) in [4.78, 5) is 29.5. The second-order valence-corrected chi connectivity index (χ2v) is 6.61. The molecule has 0 atom stereocenters. The van der Waals surface area contributed by atoms with E-state index >= 15 is 0 Å². The average molecular weight is 385 g/mol. The standard InChI is InChI=1S/C23H19N3O3/c1-14-7-9-16(10-8-14)21-11-18(17-5-3-4-6-20(17)26-21)23(28)29-13-22(27)19(12-24)15(2)25/h3-11H,13,25H2,1-2H3/b19-15-. The first-order valence-electron chi connectivity index (χ1n) is 8.94. The molecular weight excluding hydrogens is 366 g/mol. The SMILES string of the molecule is C/C(N)=C(\C#N)C(=O)COC(=O)c1cc(-c2ccc(C)cc2)nc2ccccc12. The molecule has 0 aliphatic heterocycles. The lowest BCUT2D eigenvalue weighted by atomic mass is 10.0. The Hall–Kier alpha value is -3.98. The van der Waals surface area contributed by atoms with Crippen LogP contribution < -0.4 is 5.73 Å². The van der Waals surface area contributed by atoms with Crippen LogP contribution in [0.1, 0.15) is 22.8 Å². The molecule has 0 saturated heterocycles. The van der Waals surface area contributed by atoms with Crippen LogP contribution in [0.25, 0.3) is 22.2 Å². The van der Waals surface area contributed by atoms with Crippen molar-refractivity contribution in [3.05, 3.63) is 77.0 Å². The number of benzene rings is 2. The highest BCUT2D eigenvalue weighted by Gasteiger charge is 2.18. The van der Waals surface area contributed by atoms with Crippen LogP contribution in [0.5, 0.6) is 0 Å². The Labute approximate surface area is 168 Å². The quantitative estimate of drug-likeness (QED) is 0.408. The van der Waals surface area contributed by atoms with Crippen LogP contribution in [0.4, 0.5) is 0 Å². The number of hydrogen-bond donors (Lipinski definition) is 1. The van der Waals surface area contributed by atoms with E-state index in [1.807, 2.05) is 43.3 Å². The summed E-state index contributed by atoms with van der Waals surface area (Å²) in [5.41, 5.74) is 8.93. The highest BCUT2D eigenvalue weighted by atomic mass is 16.5. The number of hydrogen-bond acceptors (Lipinski definition) is 6. The van der Waals surface area contributed by atoms with Crippen LogP contribution in [-0.4, -0.2) is 23.3 Å². The number of nitriles is 1. The minimum absolute atomic E-state index is 0.0876. The second kappa shape index (κ2) is 8.36. The van der Waals surface area contributed by atoms with E-state index in [2.05, 4.69) is 4.98 Å². The molecule has 1 heterocycles. The number of nitrogens with two attached hydrogens (primary N) is 1. The van der Waals surface area contributed by atoms with Crippen molar-refractivity contribution in [2.45, 2.75) is 13.8 Å². The molecule has 0 fully saturated rings. The zero-order valence-electron chi connectivity index (χ0n) is 16.1. The Morgan fingerprint density at radius 3 is 2.48 bits per heavy atom. The smallest absolute Gasteiger partial charge is 0.339 e. The number of allylic oxidation sites excluding steroid dienone is 1. The molecule has 0 saturated carbocycles. The van der Waals surface area contributed by atoms with E-state index in [1.54, 1.807) is 24.3 Å². The summed E-state index contributed by atoms with van der Waals surface area (Å²) < 4.78 is 5.18. The molecule has 144 valence electrons. The predicted octanol–water partition coefficient (Wildman–Crippen LogP) is 3.69. The number of esters is 1. The van der Waals surface area contributed by atoms with Gasteiger partial charge in [-0.15, -0.1) is 0 Å². The van der Waals surface area contributed by atoms with Gasteiger partial charge in [-0.05, 0) is 26.0 Å². The van der Waals surface area contributed by atoms with Crippen molar-refractivity contribution >= 4 is 22.7 Å². The maximum atomic E-state index is 12.7. The summed E-state index contributed by atoms with van der Waals surface area (Å²) in [5.74, 6) is -1.31. The first kappa shape index (κ1) is 19.8. The Morgan fingerprint density at radius 1 is 1.14 bits per heavy atom.